The molecule has 1 saturated carbocycles. The van der Waals surface area contributed by atoms with Gasteiger partial charge in [-0.05, 0) is 37.5 Å². The van der Waals surface area contributed by atoms with Gasteiger partial charge in [0.1, 0.15) is 5.75 Å². The molecule has 1 aliphatic rings. The predicted molar refractivity (Wildman–Crippen MR) is 68.9 cm³/mol. The van der Waals surface area contributed by atoms with E-state index in [4.69, 9.17) is 5.11 Å². The molecule has 2 rings (SSSR count). The Bertz CT molecular complexity index is 497. The third-order valence-corrected chi connectivity index (χ3v) is 3.43. The number of ether oxygens (including phenoxy) is 1. The molecule has 0 aromatic heterocycles. The molecule has 0 amide bonds. The molecular weight excluding hydrogens is 287 g/mol. The highest BCUT2D eigenvalue weighted by molar-refractivity contribution is 5.69. The molecule has 21 heavy (non-hydrogen) atoms. The quantitative estimate of drug-likeness (QED) is 0.877. The maximum Gasteiger partial charge on any atom is 0.573 e. The van der Waals surface area contributed by atoms with Gasteiger partial charge in [-0.2, -0.15) is 0 Å². The maximum absolute atomic E-state index is 12.1. The van der Waals surface area contributed by atoms with Crippen LogP contribution in [0.15, 0.2) is 24.3 Å². The molecule has 1 unspecified atom stereocenters. The van der Waals surface area contributed by atoms with Gasteiger partial charge < -0.3 is 9.84 Å². The van der Waals surface area contributed by atoms with E-state index in [2.05, 4.69) is 4.74 Å². The fraction of sp³-hybridized carbons (Fsp3) is 0.500. The second kappa shape index (κ2) is 5.93. The van der Waals surface area contributed by atoms with Crippen LogP contribution in [0, 0.1) is 0 Å². The van der Waals surface area contributed by atoms with Crippen LogP contribution in [0.3, 0.4) is 0 Å². The molecule has 1 atom stereocenters. The molecular formula is C14H16F3NO3. The van der Waals surface area contributed by atoms with E-state index in [0.29, 0.717) is 0 Å². The van der Waals surface area contributed by atoms with Crippen molar-refractivity contribution in [1.82, 2.24) is 4.90 Å². The zero-order valence-corrected chi connectivity index (χ0v) is 11.4. The van der Waals surface area contributed by atoms with Gasteiger partial charge in [-0.25, -0.2) is 0 Å². The SMILES string of the molecule is CC(c1ccc(OC(F)(F)F)cc1)N(CC(=O)O)C1CC1. The normalized spacial score (nSPS) is 16.8. The van der Waals surface area contributed by atoms with Crippen molar-refractivity contribution in [2.45, 2.75) is 38.2 Å². The van der Waals surface area contributed by atoms with Crippen molar-refractivity contribution < 1.29 is 27.8 Å². The topological polar surface area (TPSA) is 49.8 Å². The number of carboxylic acid groups (broad SMARTS) is 1. The fourth-order valence-electron chi connectivity index (χ4n) is 2.28. The number of nitrogens with zero attached hydrogens (tertiary/aromatic N) is 1. The van der Waals surface area contributed by atoms with Crippen LogP contribution in [-0.4, -0.2) is 34.9 Å². The van der Waals surface area contributed by atoms with E-state index >= 15 is 0 Å². The number of hydrogen-bond acceptors (Lipinski definition) is 3. The molecule has 0 bridgehead atoms. The summed E-state index contributed by atoms with van der Waals surface area (Å²) in [6, 6.07) is 5.61. The van der Waals surface area contributed by atoms with Gasteiger partial charge in [0.15, 0.2) is 0 Å². The lowest BCUT2D eigenvalue weighted by molar-refractivity contribution is -0.274. The van der Waals surface area contributed by atoms with Crippen molar-refractivity contribution in [3.8, 4) is 5.75 Å². The number of halogens is 3. The molecule has 1 aromatic rings. The van der Waals surface area contributed by atoms with Gasteiger partial charge in [-0.1, -0.05) is 12.1 Å². The number of rotatable bonds is 6. The third kappa shape index (κ3) is 4.63. The average molecular weight is 303 g/mol. The van der Waals surface area contributed by atoms with Gasteiger partial charge in [0, 0.05) is 12.1 Å². The molecule has 0 spiro atoms. The summed E-state index contributed by atoms with van der Waals surface area (Å²) in [5.74, 6) is -1.19. The van der Waals surface area contributed by atoms with Crippen LogP contribution in [0.5, 0.6) is 5.75 Å². The van der Waals surface area contributed by atoms with Gasteiger partial charge in [0.05, 0.1) is 6.54 Å². The predicted octanol–water partition coefficient (Wildman–Crippen LogP) is 3.20. The summed E-state index contributed by atoms with van der Waals surface area (Å²) in [6.07, 6.45) is -2.81. The van der Waals surface area contributed by atoms with E-state index in [1.807, 2.05) is 11.8 Å². The van der Waals surface area contributed by atoms with Gasteiger partial charge >= 0.3 is 12.3 Å². The lowest BCUT2D eigenvalue weighted by Gasteiger charge is -2.27. The van der Waals surface area contributed by atoms with Crippen molar-refractivity contribution in [1.29, 1.82) is 0 Å². The van der Waals surface area contributed by atoms with Crippen LogP contribution in [-0.2, 0) is 4.79 Å². The Balaban J connectivity index is 2.07. The smallest absolute Gasteiger partial charge is 0.480 e. The van der Waals surface area contributed by atoms with Crippen molar-refractivity contribution in [3.63, 3.8) is 0 Å². The Morgan fingerprint density at radius 2 is 1.95 bits per heavy atom. The number of alkyl halides is 3. The second-order valence-electron chi connectivity index (χ2n) is 5.09. The Kier molecular flexibility index (Phi) is 4.41. The molecule has 1 N–H and O–H groups in total. The summed E-state index contributed by atoms with van der Waals surface area (Å²) >= 11 is 0. The molecule has 0 aliphatic heterocycles. The highest BCUT2D eigenvalue weighted by Crippen LogP contribution is 2.34. The zero-order chi connectivity index (χ0) is 15.6. The van der Waals surface area contributed by atoms with E-state index < -0.39 is 12.3 Å². The van der Waals surface area contributed by atoms with Crippen molar-refractivity contribution in [2.75, 3.05) is 6.54 Å². The monoisotopic (exact) mass is 303 g/mol. The Hall–Kier alpha value is -1.76. The number of carboxylic acids is 1. The number of carbonyl (C=O) groups is 1. The highest BCUT2D eigenvalue weighted by Gasteiger charge is 2.34. The van der Waals surface area contributed by atoms with Gasteiger partial charge in [-0.15, -0.1) is 13.2 Å². The number of hydrogen-bond donors (Lipinski definition) is 1. The summed E-state index contributed by atoms with van der Waals surface area (Å²) < 4.78 is 40.1. The number of benzene rings is 1. The fourth-order valence-corrected chi connectivity index (χ4v) is 2.28. The van der Waals surface area contributed by atoms with Crippen LogP contribution in [0.25, 0.3) is 0 Å². The van der Waals surface area contributed by atoms with Crippen molar-refractivity contribution in [3.05, 3.63) is 29.8 Å². The maximum atomic E-state index is 12.1. The second-order valence-corrected chi connectivity index (χ2v) is 5.09. The lowest BCUT2D eigenvalue weighted by Crippen LogP contribution is -2.34. The summed E-state index contributed by atoms with van der Waals surface area (Å²) in [5.41, 5.74) is 0.762. The van der Waals surface area contributed by atoms with Crippen LogP contribution >= 0.6 is 0 Å². The van der Waals surface area contributed by atoms with Gasteiger partial charge in [0.2, 0.25) is 0 Å². The third-order valence-electron chi connectivity index (χ3n) is 3.43. The Morgan fingerprint density at radius 1 is 1.38 bits per heavy atom. The Labute approximate surface area is 120 Å². The van der Waals surface area contributed by atoms with E-state index in [-0.39, 0.29) is 24.4 Å². The van der Waals surface area contributed by atoms with Crippen LogP contribution in [0.4, 0.5) is 13.2 Å². The first-order chi connectivity index (χ1) is 9.76. The Morgan fingerprint density at radius 3 is 2.38 bits per heavy atom. The first-order valence-electron chi connectivity index (χ1n) is 6.59. The minimum absolute atomic E-state index is 0.0768. The van der Waals surface area contributed by atoms with Gasteiger partial charge in [0.25, 0.3) is 0 Å². The molecule has 0 saturated heterocycles. The highest BCUT2D eigenvalue weighted by atomic mass is 19.4. The molecule has 0 heterocycles. The van der Waals surface area contributed by atoms with Crippen LogP contribution < -0.4 is 4.74 Å². The summed E-state index contributed by atoms with van der Waals surface area (Å²) in [4.78, 5) is 12.8. The molecule has 4 nitrogen and oxygen atoms in total. The van der Waals surface area contributed by atoms with Crippen LogP contribution in [0.2, 0.25) is 0 Å². The van der Waals surface area contributed by atoms with Crippen molar-refractivity contribution >= 4 is 5.97 Å². The molecule has 116 valence electrons. The summed E-state index contributed by atoms with van der Waals surface area (Å²) in [6.45, 7) is 1.77. The standard InChI is InChI=1S/C14H16F3NO3/c1-9(18(8-13(19)20)11-4-5-11)10-2-6-12(7-3-10)21-14(15,16)17/h2-3,6-7,9,11H,4-5,8H2,1H3,(H,19,20). The minimum atomic E-state index is -4.71. The largest absolute Gasteiger partial charge is 0.573 e. The first kappa shape index (κ1) is 15.6. The summed E-state index contributed by atoms with van der Waals surface area (Å²) in [7, 11) is 0. The molecule has 1 fully saturated rings. The van der Waals surface area contributed by atoms with Crippen LogP contribution in [0.1, 0.15) is 31.4 Å². The zero-order valence-electron chi connectivity index (χ0n) is 11.4. The summed E-state index contributed by atoms with van der Waals surface area (Å²) in [5, 5.41) is 8.94. The van der Waals surface area contributed by atoms with Gasteiger partial charge in [-0.3, -0.25) is 9.69 Å². The van der Waals surface area contributed by atoms with E-state index in [1.165, 1.54) is 24.3 Å². The average Bonchev–Trinajstić information content (AvgIpc) is 3.18. The van der Waals surface area contributed by atoms with E-state index in [0.717, 1.165) is 18.4 Å². The lowest BCUT2D eigenvalue weighted by atomic mass is 10.1. The van der Waals surface area contributed by atoms with Crippen molar-refractivity contribution in [2.24, 2.45) is 0 Å². The number of aliphatic carboxylic acids is 1. The van der Waals surface area contributed by atoms with E-state index in [9.17, 15) is 18.0 Å². The van der Waals surface area contributed by atoms with E-state index in [1.54, 1.807) is 0 Å². The molecule has 0 radical (unpaired) electrons. The molecule has 1 aliphatic carbocycles. The molecule has 1 aromatic carbocycles. The minimum Gasteiger partial charge on any atom is -0.480 e. The molecule has 7 heteroatoms. The first-order valence-corrected chi connectivity index (χ1v) is 6.59.